The van der Waals surface area contributed by atoms with Gasteiger partial charge < -0.3 is 79.9 Å². The molecule has 0 amide bonds. The van der Waals surface area contributed by atoms with Crippen LogP contribution in [0.15, 0.2) is 0 Å². The summed E-state index contributed by atoms with van der Waals surface area (Å²) >= 11 is 0. The van der Waals surface area contributed by atoms with Crippen molar-refractivity contribution in [3.05, 3.63) is 0 Å². The highest BCUT2D eigenvalue weighted by molar-refractivity contribution is 4.96. The van der Waals surface area contributed by atoms with Crippen molar-refractivity contribution < 1.29 is 79.9 Å². The minimum Gasteiger partial charge on any atom is -0.394 e. The quantitative estimate of drug-likeness (QED) is 0.154. The molecule has 11 N–H and O–H groups in total. The Hall–Kier alpha value is -0.640. The predicted molar refractivity (Wildman–Crippen MR) is 101 cm³/mol. The highest BCUT2D eigenvalue weighted by Gasteiger charge is 2.53. The molecule has 3 rings (SSSR count). The van der Waals surface area contributed by atoms with Crippen LogP contribution in [0.1, 0.15) is 0 Å². The summed E-state index contributed by atoms with van der Waals surface area (Å²) in [5, 5.41) is 109. The lowest BCUT2D eigenvalue weighted by atomic mass is 9.96. The van der Waals surface area contributed by atoms with Gasteiger partial charge in [-0.2, -0.15) is 0 Å². The Morgan fingerprint density at radius 3 is 1.50 bits per heavy atom. The molecule has 16 nitrogen and oxygen atoms in total. The van der Waals surface area contributed by atoms with Crippen molar-refractivity contribution in [1.29, 1.82) is 0 Å². The Morgan fingerprint density at radius 1 is 0.441 bits per heavy atom. The van der Waals surface area contributed by atoms with Crippen LogP contribution >= 0.6 is 0 Å². The molecule has 3 aliphatic heterocycles. The van der Waals surface area contributed by atoms with E-state index in [1.54, 1.807) is 0 Å². The second-order valence-electron chi connectivity index (χ2n) is 8.33. The molecule has 200 valence electrons. The summed E-state index contributed by atoms with van der Waals surface area (Å²) in [5.74, 6) is 0. The molecular weight excluding hydrogens is 472 g/mol. The third kappa shape index (κ3) is 5.37. The Bertz CT molecular complexity index is 637. The van der Waals surface area contributed by atoms with Gasteiger partial charge in [-0.3, -0.25) is 0 Å². The lowest BCUT2D eigenvalue weighted by molar-refractivity contribution is -0.378. The van der Waals surface area contributed by atoms with Gasteiger partial charge in [0.1, 0.15) is 73.2 Å². The first kappa shape index (κ1) is 27.9. The van der Waals surface area contributed by atoms with E-state index in [2.05, 4.69) is 0 Å². The zero-order chi connectivity index (χ0) is 25.3. The lowest BCUT2D eigenvalue weighted by Gasteiger charge is -2.47. The SMILES string of the molecule is OCC1O[C@H](O[C@H]2C(CO)O[C@@H](O)C(O)C2O)C(O)C(O[C@@H]2OC(CO)[C@H](O)C(O)C2O)[C@@H]1O. The molecule has 0 bridgehead atoms. The summed E-state index contributed by atoms with van der Waals surface area (Å²) in [6, 6.07) is 0. The Labute approximate surface area is 192 Å². The number of hydrogen-bond donors (Lipinski definition) is 11. The molecule has 3 saturated heterocycles. The molecule has 0 saturated carbocycles. The fourth-order valence-corrected chi connectivity index (χ4v) is 4.05. The molecule has 0 aromatic heterocycles. The van der Waals surface area contributed by atoms with Crippen molar-refractivity contribution in [3.63, 3.8) is 0 Å². The standard InChI is InChI=1S/C18H32O16/c19-1-4-7(22)9(24)12(27)17(31-4)34-15-8(23)5(2-20)32-18(13(15)28)33-14-6(3-21)30-16(29)11(26)10(14)25/h4-29H,1-3H2/t4?,5?,6?,7-,8+,9?,10?,11?,12?,13?,14-,15?,16+,17-,18+/m0/s1. The number of rotatable bonds is 7. The van der Waals surface area contributed by atoms with Gasteiger partial charge >= 0.3 is 0 Å². The summed E-state index contributed by atoms with van der Waals surface area (Å²) in [7, 11) is 0. The average molecular weight is 504 g/mol. The molecule has 3 fully saturated rings. The van der Waals surface area contributed by atoms with E-state index in [9.17, 15) is 56.2 Å². The van der Waals surface area contributed by atoms with Crippen LogP contribution in [0.25, 0.3) is 0 Å². The van der Waals surface area contributed by atoms with Crippen LogP contribution in [0.3, 0.4) is 0 Å². The van der Waals surface area contributed by atoms with Crippen molar-refractivity contribution in [2.45, 2.75) is 92.1 Å². The maximum Gasteiger partial charge on any atom is 0.187 e. The minimum atomic E-state index is -1.90. The molecule has 15 atom stereocenters. The molecule has 3 aliphatic rings. The minimum absolute atomic E-state index is 0.759. The van der Waals surface area contributed by atoms with Crippen LogP contribution in [-0.2, 0) is 23.7 Å². The van der Waals surface area contributed by atoms with Crippen LogP contribution < -0.4 is 0 Å². The average Bonchev–Trinajstić information content (AvgIpc) is 2.83. The van der Waals surface area contributed by atoms with E-state index in [0.29, 0.717) is 0 Å². The van der Waals surface area contributed by atoms with E-state index in [-0.39, 0.29) is 0 Å². The smallest absolute Gasteiger partial charge is 0.187 e. The Kier molecular flexibility index (Phi) is 9.54. The molecule has 34 heavy (non-hydrogen) atoms. The second kappa shape index (κ2) is 11.6. The van der Waals surface area contributed by atoms with Gasteiger partial charge in [0.15, 0.2) is 18.9 Å². The highest BCUT2D eigenvalue weighted by Crippen LogP contribution is 2.32. The van der Waals surface area contributed by atoms with Gasteiger partial charge in [-0.1, -0.05) is 0 Å². The predicted octanol–water partition coefficient (Wildman–Crippen LogP) is -7.57. The van der Waals surface area contributed by atoms with Crippen LogP contribution in [-0.4, -0.2) is 168 Å². The van der Waals surface area contributed by atoms with E-state index in [1.165, 1.54) is 0 Å². The molecule has 16 heteroatoms. The zero-order valence-corrected chi connectivity index (χ0v) is 17.7. The number of aliphatic hydroxyl groups excluding tert-OH is 11. The molecule has 0 aromatic carbocycles. The first-order chi connectivity index (χ1) is 16.0. The Morgan fingerprint density at radius 2 is 0.941 bits per heavy atom. The first-order valence-electron chi connectivity index (χ1n) is 10.6. The van der Waals surface area contributed by atoms with Gasteiger partial charge in [0.2, 0.25) is 0 Å². The summed E-state index contributed by atoms with van der Waals surface area (Å²) in [6.07, 6.45) is -25.4. The van der Waals surface area contributed by atoms with E-state index in [0.717, 1.165) is 0 Å². The normalized spacial score (nSPS) is 52.5. The van der Waals surface area contributed by atoms with E-state index >= 15 is 0 Å². The molecular formula is C18H32O16. The van der Waals surface area contributed by atoms with Crippen LogP contribution in [0.2, 0.25) is 0 Å². The van der Waals surface area contributed by atoms with E-state index in [4.69, 9.17) is 23.7 Å². The van der Waals surface area contributed by atoms with E-state index in [1.807, 2.05) is 0 Å². The van der Waals surface area contributed by atoms with Gasteiger partial charge in [-0.25, -0.2) is 0 Å². The molecule has 3 heterocycles. The van der Waals surface area contributed by atoms with Gasteiger partial charge in [0.05, 0.1) is 19.8 Å². The fraction of sp³-hybridized carbons (Fsp3) is 1.00. The van der Waals surface area contributed by atoms with Gasteiger partial charge in [-0.05, 0) is 0 Å². The van der Waals surface area contributed by atoms with Crippen LogP contribution in [0.5, 0.6) is 0 Å². The van der Waals surface area contributed by atoms with Gasteiger partial charge in [-0.15, -0.1) is 0 Å². The highest BCUT2D eigenvalue weighted by atomic mass is 16.7. The molecule has 0 radical (unpaired) electrons. The zero-order valence-electron chi connectivity index (χ0n) is 17.7. The Balaban J connectivity index is 1.78. The molecule has 0 aromatic rings. The third-order valence-corrected chi connectivity index (χ3v) is 6.09. The van der Waals surface area contributed by atoms with Crippen molar-refractivity contribution in [2.24, 2.45) is 0 Å². The second-order valence-corrected chi connectivity index (χ2v) is 8.33. The van der Waals surface area contributed by atoms with Crippen molar-refractivity contribution in [2.75, 3.05) is 19.8 Å². The topological polar surface area (TPSA) is 269 Å². The lowest BCUT2D eigenvalue weighted by Crippen LogP contribution is -2.66. The van der Waals surface area contributed by atoms with Crippen LogP contribution in [0.4, 0.5) is 0 Å². The summed E-state index contributed by atoms with van der Waals surface area (Å²) in [5.41, 5.74) is 0. The van der Waals surface area contributed by atoms with E-state index < -0.39 is 112 Å². The summed E-state index contributed by atoms with van der Waals surface area (Å²) < 4.78 is 26.4. The molecule has 0 aliphatic carbocycles. The van der Waals surface area contributed by atoms with Crippen LogP contribution in [0, 0.1) is 0 Å². The maximum absolute atomic E-state index is 10.8. The van der Waals surface area contributed by atoms with Crippen molar-refractivity contribution in [1.82, 2.24) is 0 Å². The first-order valence-corrected chi connectivity index (χ1v) is 10.6. The van der Waals surface area contributed by atoms with Gasteiger partial charge in [0, 0.05) is 0 Å². The number of hydrogen-bond acceptors (Lipinski definition) is 16. The fourth-order valence-electron chi connectivity index (χ4n) is 4.05. The van der Waals surface area contributed by atoms with Crippen molar-refractivity contribution >= 4 is 0 Å². The number of ether oxygens (including phenoxy) is 5. The maximum atomic E-state index is 10.8. The molecule has 9 unspecified atom stereocenters. The largest absolute Gasteiger partial charge is 0.394 e. The van der Waals surface area contributed by atoms with Gasteiger partial charge in [0.25, 0.3) is 0 Å². The summed E-state index contributed by atoms with van der Waals surface area (Å²) in [4.78, 5) is 0. The summed E-state index contributed by atoms with van der Waals surface area (Å²) in [6.45, 7) is -2.34. The van der Waals surface area contributed by atoms with Crippen molar-refractivity contribution in [3.8, 4) is 0 Å². The monoisotopic (exact) mass is 504 g/mol. The molecule has 0 spiro atoms. The number of aliphatic hydroxyl groups is 11. The third-order valence-electron chi connectivity index (χ3n) is 6.09.